The minimum absolute atomic E-state index is 0.173. The van der Waals surface area contributed by atoms with E-state index in [4.69, 9.17) is 9.84 Å². The summed E-state index contributed by atoms with van der Waals surface area (Å²) in [4.78, 5) is 12.6. The lowest BCUT2D eigenvalue weighted by atomic mass is 9.91. The van der Waals surface area contributed by atoms with E-state index in [2.05, 4.69) is 5.32 Å². The zero-order chi connectivity index (χ0) is 15.6. The first-order chi connectivity index (χ1) is 10.2. The summed E-state index contributed by atoms with van der Waals surface area (Å²) in [5.74, 6) is 1.16. The van der Waals surface area contributed by atoms with E-state index in [1.807, 2.05) is 44.2 Å². The molecule has 0 spiro atoms. The van der Waals surface area contributed by atoms with Gasteiger partial charge in [-0.25, -0.2) is 4.79 Å². The van der Waals surface area contributed by atoms with Crippen LogP contribution >= 0.6 is 11.8 Å². The molecule has 0 fully saturated rings. The molecule has 0 saturated carbocycles. The van der Waals surface area contributed by atoms with E-state index in [0.29, 0.717) is 18.9 Å². The lowest BCUT2D eigenvalue weighted by molar-refractivity contribution is -0.150. The highest BCUT2D eigenvalue weighted by atomic mass is 32.2. The molecule has 118 valence electrons. The molecule has 1 atom stereocenters. The summed E-state index contributed by atoms with van der Waals surface area (Å²) in [6.45, 7) is 5.01. The molecule has 4 nitrogen and oxygen atoms in total. The molecule has 0 bridgehead atoms. The number of thioether (sulfide) groups is 1. The van der Waals surface area contributed by atoms with Gasteiger partial charge in [0, 0.05) is 12.4 Å². The monoisotopic (exact) mass is 311 g/mol. The third-order valence-electron chi connectivity index (χ3n) is 3.13. The number of aliphatic hydroxyl groups excluding tert-OH is 1. The normalized spacial score (nSPS) is 13.7. The number of benzene rings is 1. The van der Waals surface area contributed by atoms with Gasteiger partial charge in [-0.1, -0.05) is 37.3 Å². The van der Waals surface area contributed by atoms with Crippen molar-refractivity contribution < 1.29 is 14.6 Å². The number of ether oxygens (including phenoxy) is 1. The minimum Gasteiger partial charge on any atom is -0.464 e. The Balaban J connectivity index is 3.01. The Morgan fingerprint density at radius 3 is 2.62 bits per heavy atom. The van der Waals surface area contributed by atoms with Crippen LogP contribution in [0.1, 0.15) is 25.8 Å². The van der Waals surface area contributed by atoms with Gasteiger partial charge in [-0.05, 0) is 31.2 Å². The van der Waals surface area contributed by atoms with Gasteiger partial charge >= 0.3 is 5.97 Å². The summed E-state index contributed by atoms with van der Waals surface area (Å²) < 4.78 is 5.31. The van der Waals surface area contributed by atoms with E-state index in [0.717, 1.165) is 17.7 Å². The second kappa shape index (κ2) is 9.82. The number of carbonyl (C=O) groups excluding carboxylic acids is 1. The van der Waals surface area contributed by atoms with E-state index >= 15 is 0 Å². The van der Waals surface area contributed by atoms with Crippen molar-refractivity contribution in [1.29, 1.82) is 0 Å². The van der Waals surface area contributed by atoms with E-state index in [-0.39, 0.29) is 12.6 Å². The second-order valence-electron chi connectivity index (χ2n) is 4.65. The van der Waals surface area contributed by atoms with Crippen molar-refractivity contribution in [1.82, 2.24) is 5.32 Å². The van der Waals surface area contributed by atoms with Gasteiger partial charge in [0.2, 0.25) is 0 Å². The molecule has 1 aromatic rings. The van der Waals surface area contributed by atoms with Gasteiger partial charge in [-0.2, -0.15) is 11.8 Å². The number of esters is 1. The summed E-state index contributed by atoms with van der Waals surface area (Å²) in [5, 5.41) is 12.2. The highest BCUT2D eigenvalue weighted by Gasteiger charge is 2.40. The molecule has 1 unspecified atom stereocenters. The SMILES string of the molecule is CCNC(CSCCCO)(C(=O)OCC)c1ccccc1. The Kier molecular flexibility index (Phi) is 8.42. The van der Waals surface area contributed by atoms with Crippen LogP contribution in [0.25, 0.3) is 0 Å². The van der Waals surface area contributed by atoms with Crippen LogP contribution in [-0.4, -0.2) is 42.3 Å². The van der Waals surface area contributed by atoms with Crippen molar-refractivity contribution in [3.63, 3.8) is 0 Å². The molecule has 2 N–H and O–H groups in total. The number of carbonyl (C=O) groups is 1. The van der Waals surface area contributed by atoms with E-state index in [9.17, 15) is 4.79 Å². The van der Waals surface area contributed by atoms with Gasteiger partial charge in [-0.3, -0.25) is 5.32 Å². The van der Waals surface area contributed by atoms with Crippen molar-refractivity contribution in [3.8, 4) is 0 Å². The summed E-state index contributed by atoms with van der Waals surface area (Å²) in [6.07, 6.45) is 0.727. The van der Waals surface area contributed by atoms with Gasteiger partial charge in [0.05, 0.1) is 6.61 Å². The lowest BCUT2D eigenvalue weighted by Crippen LogP contribution is -2.52. The molecular weight excluding hydrogens is 286 g/mol. The number of rotatable bonds is 10. The first-order valence-electron chi connectivity index (χ1n) is 7.37. The molecule has 5 heteroatoms. The summed E-state index contributed by atoms with van der Waals surface area (Å²) in [6, 6.07) is 9.70. The molecule has 0 aromatic heterocycles. The molecule has 0 amide bonds. The van der Waals surface area contributed by atoms with Crippen molar-refractivity contribution in [2.75, 3.05) is 31.3 Å². The van der Waals surface area contributed by atoms with Crippen LogP contribution in [0, 0.1) is 0 Å². The van der Waals surface area contributed by atoms with Crippen LogP contribution in [0.5, 0.6) is 0 Å². The Morgan fingerprint density at radius 1 is 1.33 bits per heavy atom. The summed E-state index contributed by atoms with van der Waals surface area (Å²) >= 11 is 1.65. The molecule has 0 radical (unpaired) electrons. The number of hydrogen-bond donors (Lipinski definition) is 2. The average Bonchev–Trinajstić information content (AvgIpc) is 2.51. The molecule has 0 heterocycles. The largest absolute Gasteiger partial charge is 0.464 e. The molecule has 0 aliphatic carbocycles. The fraction of sp³-hybridized carbons (Fsp3) is 0.562. The fourth-order valence-corrected chi connectivity index (χ4v) is 3.33. The maximum Gasteiger partial charge on any atom is 0.331 e. The molecule has 1 rings (SSSR count). The first kappa shape index (κ1) is 18.0. The first-order valence-corrected chi connectivity index (χ1v) is 8.53. The van der Waals surface area contributed by atoms with Crippen LogP contribution in [0.2, 0.25) is 0 Å². The average molecular weight is 311 g/mol. The topological polar surface area (TPSA) is 58.6 Å². The van der Waals surface area contributed by atoms with Crippen LogP contribution in [-0.2, 0) is 15.1 Å². The maximum atomic E-state index is 12.6. The fourth-order valence-electron chi connectivity index (χ4n) is 2.16. The molecule has 0 aliphatic heterocycles. The standard InChI is InChI=1S/C16H25NO3S/c1-3-17-16(15(19)20-4-2,13-21-12-8-11-18)14-9-6-5-7-10-14/h5-7,9-10,17-18H,3-4,8,11-13H2,1-2H3. The third kappa shape index (κ3) is 5.02. The number of likely N-dealkylation sites (N-methyl/N-ethyl adjacent to an activating group) is 1. The maximum absolute atomic E-state index is 12.6. The van der Waals surface area contributed by atoms with Crippen LogP contribution < -0.4 is 5.32 Å². The quantitative estimate of drug-likeness (QED) is 0.512. The molecule has 0 aliphatic rings. The van der Waals surface area contributed by atoms with E-state index < -0.39 is 5.54 Å². The van der Waals surface area contributed by atoms with Crippen LogP contribution in [0.4, 0.5) is 0 Å². The summed E-state index contributed by atoms with van der Waals surface area (Å²) in [7, 11) is 0. The Morgan fingerprint density at radius 2 is 2.05 bits per heavy atom. The third-order valence-corrected chi connectivity index (χ3v) is 4.35. The van der Waals surface area contributed by atoms with Gasteiger partial charge in [0.1, 0.15) is 0 Å². The number of hydrogen-bond acceptors (Lipinski definition) is 5. The van der Waals surface area contributed by atoms with Crippen molar-refractivity contribution >= 4 is 17.7 Å². The van der Waals surface area contributed by atoms with Crippen molar-refractivity contribution in [3.05, 3.63) is 35.9 Å². The molecule has 1 aromatic carbocycles. The van der Waals surface area contributed by atoms with Crippen molar-refractivity contribution in [2.45, 2.75) is 25.8 Å². The molecular formula is C16H25NO3S. The van der Waals surface area contributed by atoms with E-state index in [1.54, 1.807) is 11.8 Å². The zero-order valence-electron chi connectivity index (χ0n) is 12.8. The highest BCUT2D eigenvalue weighted by Crippen LogP contribution is 2.28. The highest BCUT2D eigenvalue weighted by molar-refractivity contribution is 7.99. The smallest absolute Gasteiger partial charge is 0.331 e. The van der Waals surface area contributed by atoms with E-state index in [1.165, 1.54) is 0 Å². The summed E-state index contributed by atoms with van der Waals surface area (Å²) in [5.41, 5.74) is 0.0911. The minimum atomic E-state index is -0.827. The Labute approximate surface area is 131 Å². The second-order valence-corrected chi connectivity index (χ2v) is 5.76. The van der Waals surface area contributed by atoms with Crippen LogP contribution in [0.3, 0.4) is 0 Å². The number of nitrogens with one attached hydrogen (secondary N) is 1. The van der Waals surface area contributed by atoms with Gasteiger partial charge in [0.25, 0.3) is 0 Å². The van der Waals surface area contributed by atoms with Gasteiger partial charge in [-0.15, -0.1) is 0 Å². The lowest BCUT2D eigenvalue weighted by Gasteiger charge is -2.32. The number of aliphatic hydroxyl groups is 1. The van der Waals surface area contributed by atoms with Gasteiger partial charge < -0.3 is 9.84 Å². The Bertz CT molecular complexity index is 413. The predicted molar refractivity (Wildman–Crippen MR) is 87.5 cm³/mol. The zero-order valence-corrected chi connectivity index (χ0v) is 13.6. The Hall–Kier alpha value is -1.04. The van der Waals surface area contributed by atoms with Crippen molar-refractivity contribution in [2.24, 2.45) is 0 Å². The molecule has 21 heavy (non-hydrogen) atoms. The molecule has 0 saturated heterocycles. The van der Waals surface area contributed by atoms with Crippen LogP contribution in [0.15, 0.2) is 30.3 Å². The predicted octanol–water partition coefficient (Wildman–Crippen LogP) is 2.17. The van der Waals surface area contributed by atoms with Gasteiger partial charge in [0.15, 0.2) is 5.54 Å².